The first kappa shape index (κ1) is 23.2. The van der Waals surface area contributed by atoms with Gasteiger partial charge in [0.1, 0.15) is 0 Å². The minimum atomic E-state index is -2.95. The molecule has 26 heavy (non-hydrogen) atoms. The van der Waals surface area contributed by atoms with E-state index in [0.29, 0.717) is 19.0 Å². The minimum absolute atomic E-state index is 0. The fourth-order valence-electron chi connectivity index (χ4n) is 2.84. The van der Waals surface area contributed by atoms with E-state index in [2.05, 4.69) is 44.8 Å². The average molecular weight is 494 g/mol. The van der Waals surface area contributed by atoms with E-state index in [1.165, 1.54) is 37.1 Å². The number of hydrogen-bond donors (Lipinski definition) is 2. The summed E-state index contributed by atoms with van der Waals surface area (Å²) in [4.78, 5) is 6.62. The molecule has 1 saturated heterocycles. The second-order valence-corrected chi connectivity index (χ2v) is 8.86. The van der Waals surface area contributed by atoms with Gasteiger partial charge in [-0.15, -0.1) is 24.0 Å². The van der Waals surface area contributed by atoms with Gasteiger partial charge in [-0.25, -0.2) is 8.42 Å². The average Bonchev–Trinajstić information content (AvgIpc) is 3.12. The molecule has 0 aromatic heterocycles. The van der Waals surface area contributed by atoms with Crippen molar-refractivity contribution < 1.29 is 8.42 Å². The second-order valence-electron chi connectivity index (χ2n) is 6.39. The number of rotatable bonds is 8. The first-order valence-electron chi connectivity index (χ1n) is 8.97. The molecule has 2 rings (SSSR count). The van der Waals surface area contributed by atoms with E-state index in [1.54, 1.807) is 14.0 Å². The van der Waals surface area contributed by atoms with E-state index in [1.807, 2.05) is 0 Å². The molecule has 0 radical (unpaired) electrons. The summed E-state index contributed by atoms with van der Waals surface area (Å²) in [5, 5.41) is 6.26. The lowest BCUT2D eigenvalue weighted by Gasteiger charge is -2.15. The Morgan fingerprint density at radius 3 is 2.31 bits per heavy atom. The van der Waals surface area contributed by atoms with Gasteiger partial charge in [-0.2, -0.15) is 0 Å². The van der Waals surface area contributed by atoms with Crippen LogP contribution in [0, 0.1) is 0 Å². The summed E-state index contributed by atoms with van der Waals surface area (Å²) >= 11 is 0. The largest absolute Gasteiger partial charge is 0.355 e. The Kier molecular flexibility index (Phi) is 10.5. The first-order chi connectivity index (χ1) is 12.0. The third-order valence-electron chi connectivity index (χ3n) is 4.46. The fourth-order valence-corrected chi connectivity index (χ4v) is 3.54. The molecule has 1 aliphatic rings. The van der Waals surface area contributed by atoms with Crippen molar-refractivity contribution in [3.05, 3.63) is 35.4 Å². The van der Waals surface area contributed by atoms with Gasteiger partial charge < -0.3 is 10.6 Å². The van der Waals surface area contributed by atoms with Gasteiger partial charge >= 0.3 is 0 Å². The van der Waals surface area contributed by atoms with Crippen LogP contribution in [0.3, 0.4) is 0 Å². The van der Waals surface area contributed by atoms with Gasteiger partial charge in [0.2, 0.25) is 0 Å². The van der Waals surface area contributed by atoms with Crippen molar-refractivity contribution >= 4 is 39.8 Å². The standard InChI is InChI=1S/C18H30N4O2S.HI/c1-3-25(23,24)13-10-20-18(19-2)21-14-16-6-8-17(9-7-16)15-22-11-4-5-12-22;/h6-9H,3-5,10-15H2,1-2H3,(H2,19,20,21);1H. The molecule has 1 aliphatic heterocycles. The summed E-state index contributed by atoms with van der Waals surface area (Å²) in [5.41, 5.74) is 2.52. The molecule has 0 bridgehead atoms. The molecule has 8 heteroatoms. The van der Waals surface area contributed by atoms with Gasteiger partial charge in [-0.3, -0.25) is 9.89 Å². The molecule has 0 spiro atoms. The van der Waals surface area contributed by atoms with Crippen molar-refractivity contribution in [3.63, 3.8) is 0 Å². The van der Waals surface area contributed by atoms with Crippen molar-refractivity contribution in [2.75, 3.05) is 38.2 Å². The summed E-state index contributed by atoms with van der Waals surface area (Å²) < 4.78 is 23.0. The van der Waals surface area contributed by atoms with Gasteiger partial charge in [0.15, 0.2) is 15.8 Å². The number of hydrogen-bond acceptors (Lipinski definition) is 4. The van der Waals surface area contributed by atoms with E-state index in [0.717, 1.165) is 6.54 Å². The van der Waals surface area contributed by atoms with Crippen molar-refractivity contribution in [1.29, 1.82) is 0 Å². The van der Waals surface area contributed by atoms with Crippen LogP contribution in [0.1, 0.15) is 30.9 Å². The van der Waals surface area contributed by atoms with Crippen LogP contribution in [0.15, 0.2) is 29.3 Å². The number of guanidine groups is 1. The van der Waals surface area contributed by atoms with Gasteiger partial charge in [0.25, 0.3) is 0 Å². The van der Waals surface area contributed by atoms with Crippen molar-refractivity contribution in [2.24, 2.45) is 4.99 Å². The highest BCUT2D eigenvalue weighted by Crippen LogP contribution is 2.13. The molecular formula is C18H31IN4O2S. The molecule has 0 atom stereocenters. The number of nitrogens with zero attached hydrogens (tertiary/aromatic N) is 2. The zero-order chi connectivity index (χ0) is 18.1. The van der Waals surface area contributed by atoms with Crippen LogP contribution in [0.25, 0.3) is 0 Å². The molecule has 1 fully saturated rings. The zero-order valence-electron chi connectivity index (χ0n) is 15.7. The highest BCUT2D eigenvalue weighted by molar-refractivity contribution is 14.0. The van der Waals surface area contributed by atoms with Crippen LogP contribution in [0.5, 0.6) is 0 Å². The number of halogens is 1. The van der Waals surface area contributed by atoms with Crippen LogP contribution in [0.4, 0.5) is 0 Å². The number of nitrogens with one attached hydrogen (secondary N) is 2. The smallest absolute Gasteiger partial charge is 0.191 e. The Hall–Kier alpha value is -0.870. The quantitative estimate of drug-likeness (QED) is 0.329. The van der Waals surface area contributed by atoms with E-state index < -0.39 is 9.84 Å². The maximum absolute atomic E-state index is 11.5. The Balaban J connectivity index is 0.00000338. The number of likely N-dealkylation sites (tertiary alicyclic amines) is 1. The maximum atomic E-state index is 11.5. The zero-order valence-corrected chi connectivity index (χ0v) is 18.8. The first-order valence-corrected chi connectivity index (χ1v) is 10.8. The summed E-state index contributed by atoms with van der Waals surface area (Å²) in [5.74, 6) is 0.910. The van der Waals surface area contributed by atoms with Crippen LogP contribution < -0.4 is 10.6 Å². The van der Waals surface area contributed by atoms with Gasteiger partial charge in [-0.1, -0.05) is 31.2 Å². The molecular weight excluding hydrogens is 463 g/mol. The normalized spacial score (nSPS) is 15.5. The van der Waals surface area contributed by atoms with Gasteiger partial charge in [-0.05, 0) is 37.1 Å². The van der Waals surface area contributed by atoms with Crippen LogP contribution in [-0.2, 0) is 22.9 Å². The molecule has 1 aromatic carbocycles. The van der Waals surface area contributed by atoms with Gasteiger partial charge in [0, 0.05) is 32.4 Å². The van der Waals surface area contributed by atoms with E-state index in [4.69, 9.17) is 0 Å². The second kappa shape index (κ2) is 11.8. The lowest BCUT2D eigenvalue weighted by Crippen LogP contribution is -2.39. The van der Waals surface area contributed by atoms with Crippen LogP contribution in [0.2, 0.25) is 0 Å². The third-order valence-corrected chi connectivity index (χ3v) is 6.16. The van der Waals surface area contributed by atoms with Crippen LogP contribution in [-0.4, -0.2) is 57.5 Å². The summed E-state index contributed by atoms with van der Waals surface area (Å²) in [6.07, 6.45) is 2.63. The Labute approximate surface area is 174 Å². The van der Waals surface area contributed by atoms with Crippen molar-refractivity contribution in [3.8, 4) is 0 Å². The van der Waals surface area contributed by atoms with E-state index >= 15 is 0 Å². The van der Waals surface area contributed by atoms with E-state index in [-0.39, 0.29) is 35.5 Å². The lowest BCUT2D eigenvalue weighted by molar-refractivity contribution is 0.331. The SMILES string of the molecule is CCS(=O)(=O)CCNC(=NC)NCc1ccc(CN2CCCC2)cc1.I. The Bertz CT molecular complexity index is 656. The summed E-state index contributed by atoms with van der Waals surface area (Å²) in [6, 6.07) is 8.62. The highest BCUT2D eigenvalue weighted by Gasteiger charge is 2.11. The Morgan fingerprint density at radius 2 is 1.73 bits per heavy atom. The summed E-state index contributed by atoms with van der Waals surface area (Å²) in [7, 11) is -1.27. The molecule has 0 unspecified atom stereocenters. The lowest BCUT2D eigenvalue weighted by atomic mass is 10.1. The number of sulfone groups is 1. The predicted molar refractivity (Wildman–Crippen MR) is 119 cm³/mol. The molecule has 148 valence electrons. The predicted octanol–water partition coefficient (Wildman–Crippen LogP) is 2.00. The highest BCUT2D eigenvalue weighted by atomic mass is 127. The number of aliphatic imine (C=N–C) groups is 1. The Morgan fingerprint density at radius 1 is 1.12 bits per heavy atom. The third kappa shape index (κ3) is 8.22. The molecule has 2 N–H and O–H groups in total. The summed E-state index contributed by atoms with van der Waals surface area (Å²) in [6.45, 7) is 6.13. The topological polar surface area (TPSA) is 73.8 Å². The molecule has 0 aliphatic carbocycles. The van der Waals surface area contributed by atoms with Crippen molar-refractivity contribution in [2.45, 2.75) is 32.9 Å². The van der Waals surface area contributed by atoms with E-state index in [9.17, 15) is 8.42 Å². The minimum Gasteiger partial charge on any atom is -0.355 e. The maximum Gasteiger partial charge on any atom is 0.191 e. The molecule has 0 amide bonds. The molecule has 6 nitrogen and oxygen atoms in total. The fraction of sp³-hybridized carbons (Fsp3) is 0.611. The molecule has 1 heterocycles. The molecule has 0 saturated carbocycles. The number of benzene rings is 1. The van der Waals surface area contributed by atoms with Gasteiger partial charge in [0.05, 0.1) is 5.75 Å². The monoisotopic (exact) mass is 494 g/mol. The molecule has 1 aromatic rings. The van der Waals surface area contributed by atoms with Crippen molar-refractivity contribution in [1.82, 2.24) is 15.5 Å². The van der Waals surface area contributed by atoms with Crippen LogP contribution >= 0.6 is 24.0 Å².